The quantitative estimate of drug-likeness (QED) is 0.658. The number of aryl methyl sites for hydroxylation is 2. The van der Waals surface area contributed by atoms with Crippen molar-refractivity contribution in [2.75, 3.05) is 6.61 Å². The van der Waals surface area contributed by atoms with E-state index < -0.39 is 0 Å². The number of hydrogen-bond acceptors (Lipinski definition) is 2. The van der Waals surface area contributed by atoms with Gasteiger partial charge < -0.3 is 10.5 Å². The Balaban J connectivity index is 2.52. The lowest BCUT2D eigenvalue weighted by atomic mass is 9.97. The minimum Gasteiger partial charge on any atom is -0.493 e. The summed E-state index contributed by atoms with van der Waals surface area (Å²) < 4.78 is 5.55. The molecule has 0 saturated carbocycles. The van der Waals surface area contributed by atoms with E-state index in [1.807, 2.05) is 0 Å². The second kappa shape index (κ2) is 3.04. The van der Waals surface area contributed by atoms with Crippen molar-refractivity contribution in [2.24, 2.45) is 5.73 Å². The number of ether oxygens (including phenoxy) is 1. The van der Waals surface area contributed by atoms with Crippen molar-refractivity contribution in [3.63, 3.8) is 0 Å². The lowest BCUT2D eigenvalue weighted by Gasteiger charge is -2.24. The Morgan fingerprint density at radius 2 is 2.00 bits per heavy atom. The lowest BCUT2D eigenvalue weighted by molar-refractivity contribution is 0.268. The van der Waals surface area contributed by atoms with Crippen molar-refractivity contribution in [3.05, 3.63) is 28.8 Å². The van der Waals surface area contributed by atoms with Crippen molar-refractivity contribution in [1.29, 1.82) is 0 Å². The van der Waals surface area contributed by atoms with E-state index in [4.69, 9.17) is 10.5 Å². The van der Waals surface area contributed by atoms with Gasteiger partial charge in [-0.1, -0.05) is 6.07 Å². The first-order chi connectivity index (χ1) is 6.18. The Hall–Kier alpha value is -1.02. The molecule has 1 heterocycles. The number of benzene rings is 1. The molecule has 1 aromatic carbocycles. The molecule has 0 aliphatic carbocycles. The van der Waals surface area contributed by atoms with E-state index in [9.17, 15) is 0 Å². The van der Waals surface area contributed by atoms with Crippen LogP contribution in [0.3, 0.4) is 0 Å². The molecule has 2 N–H and O–H groups in total. The molecule has 2 nitrogen and oxygen atoms in total. The third kappa shape index (κ3) is 1.42. The van der Waals surface area contributed by atoms with Gasteiger partial charge in [0.25, 0.3) is 0 Å². The molecule has 2 heteroatoms. The number of rotatable bonds is 0. The van der Waals surface area contributed by atoms with Gasteiger partial charge in [0.1, 0.15) is 5.75 Å². The van der Waals surface area contributed by atoms with E-state index in [-0.39, 0.29) is 6.04 Å². The highest BCUT2D eigenvalue weighted by Crippen LogP contribution is 2.32. The zero-order valence-corrected chi connectivity index (χ0v) is 8.13. The summed E-state index contributed by atoms with van der Waals surface area (Å²) in [5, 5.41) is 0. The molecule has 0 spiro atoms. The normalized spacial score (nSPS) is 20.7. The van der Waals surface area contributed by atoms with Gasteiger partial charge in [-0.15, -0.1) is 0 Å². The average Bonchev–Trinajstić information content (AvgIpc) is 2.09. The molecule has 1 atom stereocenters. The van der Waals surface area contributed by atoms with Crippen LogP contribution in [0.1, 0.15) is 29.2 Å². The van der Waals surface area contributed by atoms with E-state index in [2.05, 4.69) is 26.0 Å². The Morgan fingerprint density at radius 1 is 1.31 bits per heavy atom. The molecule has 0 saturated heterocycles. The predicted octanol–water partition coefficient (Wildman–Crippen LogP) is 2.09. The van der Waals surface area contributed by atoms with Crippen LogP contribution in [0.25, 0.3) is 0 Å². The van der Waals surface area contributed by atoms with Gasteiger partial charge in [0.2, 0.25) is 0 Å². The Labute approximate surface area is 78.7 Å². The molecule has 0 fully saturated rings. The van der Waals surface area contributed by atoms with Gasteiger partial charge in [-0.25, -0.2) is 0 Å². The fourth-order valence-corrected chi connectivity index (χ4v) is 1.68. The molecule has 0 aromatic heterocycles. The molecule has 1 aliphatic heterocycles. The monoisotopic (exact) mass is 177 g/mol. The highest BCUT2D eigenvalue weighted by Gasteiger charge is 2.18. The van der Waals surface area contributed by atoms with Crippen LogP contribution < -0.4 is 10.5 Å². The maximum atomic E-state index is 5.99. The second-order valence-electron chi connectivity index (χ2n) is 3.72. The fourth-order valence-electron chi connectivity index (χ4n) is 1.68. The summed E-state index contributed by atoms with van der Waals surface area (Å²) in [5.74, 6) is 0.974. The molecule has 2 rings (SSSR count). The predicted molar refractivity (Wildman–Crippen MR) is 53.0 cm³/mol. The zero-order valence-electron chi connectivity index (χ0n) is 8.13. The first kappa shape index (κ1) is 8.57. The van der Waals surface area contributed by atoms with Gasteiger partial charge in [0, 0.05) is 18.0 Å². The lowest BCUT2D eigenvalue weighted by Crippen LogP contribution is -2.20. The third-order valence-corrected chi connectivity index (χ3v) is 2.71. The second-order valence-corrected chi connectivity index (χ2v) is 3.72. The minimum atomic E-state index is 0.156. The first-order valence-electron chi connectivity index (χ1n) is 4.68. The van der Waals surface area contributed by atoms with Gasteiger partial charge in [0.15, 0.2) is 0 Å². The summed E-state index contributed by atoms with van der Waals surface area (Å²) in [6, 6.07) is 4.39. The molecule has 0 amide bonds. The summed E-state index contributed by atoms with van der Waals surface area (Å²) in [4.78, 5) is 0. The molecule has 1 aliphatic rings. The van der Waals surface area contributed by atoms with E-state index in [1.165, 1.54) is 11.1 Å². The van der Waals surface area contributed by atoms with Crippen molar-refractivity contribution >= 4 is 0 Å². The van der Waals surface area contributed by atoms with Crippen molar-refractivity contribution in [1.82, 2.24) is 0 Å². The molecule has 1 unspecified atom stereocenters. The Kier molecular flexibility index (Phi) is 2.00. The highest BCUT2D eigenvalue weighted by atomic mass is 16.5. The van der Waals surface area contributed by atoms with Crippen LogP contribution in [-0.4, -0.2) is 6.61 Å². The molecule has 0 radical (unpaired) electrons. The third-order valence-electron chi connectivity index (χ3n) is 2.71. The van der Waals surface area contributed by atoms with E-state index in [0.717, 1.165) is 24.3 Å². The van der Waals surface area contributed by atoms with Gasteiger partial charge in [-0.05, 0) is 31.0 Å². The first-order valence-corrected chi connectivity index (χ1v) is 4.68. The summed E-state index contributed by atoms with van der Waals surface area (Å²) in [6.45, 7) is 4.95. The average molecular weight is 177 g/mol. The summed E-state index contributed by atoms with van der Waals surface area (Å²) in [7, 11) is 0. The van der Waals surface area contributed by atoms with Gasteiger partial charge in [0.05, 0.1) is 6.61 Å². The van der Waals surface area contributed by atoms with Crippen molar-refractivity contribution in [2.45, 2.75) is 26.3 Å². The van der Waals surface area contributed by atoms with E-state index in [0.29, 0.717) is 0 Å². The number of hydrogen-bond donors (Lipinski definition) is 1. The van der Waals surface area contributed by atoms with Gasteiger partial charge in [-0.2, -0.15) is 0 Å². The maximum Gasteiger partial charge on any atom is 0.124 e. The molecular weight excluding hydrogens is 162 g/mol. The number of nitrogens with two attached hydrogens (primary N) is 1. The molecule has 13 heavy (non-hydrogen) atoms. The van der Waals surface area contributed by atoms with Crippen LogP contribution in [0.5, 0.6) is 5.75 Å². The van der Waals surface area contributed by atoms with Crippen LogP contribution in [0.2, 0.25) is 0 Å². The molecule has 0 bridgehead atoms. The molecule has 70 valence electrons. The molecule has 1 aromatic rings. The van der Waals surface area contributed by atoms with Crippen LogP contribution >= 0.6 is 0 Å². The topological polar surface area (TPSA) is 35.2 Å². The van der Waals surface area contributed by atoms with Gasteiger partial charge >= 0.3 is 0 Å². The van der Waals surface area contributed by atoms with Crippen molar-refractivity contribution in [3.8, 4) is 5.75 Å². The van der Waals surface area contributed by atoms with E-state index >= 15 is 0 Å². The standard InChI is InChI=1S/C11H15NO/c1-7-5-9-10(12)3-4-13-11(9)6-8(7)2/h5-6,10H,3-4,12H2,1-2H3. The highest BCUT2D eigenvalue weighted by molar-refractivity contribution is 5.44. The Morgan fingerprint density at radius 3 is 2.77 bits per heavy atom. The van der Waals surface area contributed by atoms with Crippen LogP contribution in [0, 0.1) is 13.8 Å². The van der Waals surface area contributed by atoms with Crippen molar-refractivity contribution < 1.29 is 4.74 Å². The SMILES string of the molecule is Cc1cc2c(cc1C)C(N)CCO2. The van der Waals surface area contributed by atoms with E-state index in [1.54, 1.807) is 0 Å². The fraction of sp³-hybridized carbons (Fsp3) is 0.455. The number of fused-ring (bicyclic) bond motifs is 1. The van der Waals surface area contributed by atoms with Crippen LogP contribution in [0.15, 0.2) is 12.1 Å². The Bertz CT molecular complexity index is 333. The van der Waals surface area contributed by atoms with Crippen LogP contribution in [-0.2, 0) is 0 Å². The minimum absolute atomic E-state index is 0.156. The smallest absolute Gasteiger partial charge is 0.124 e. The summed E-state index contributed by atoms with van der Waals surface area (Å²) in [6.07, 6.45) is 0.926. The van der Waals surface area contributed by atoms with Crippen LogP contribution in [0.4, 0.5) is 0 Å². The zero-order chi connectivity index (χ0) is 9.42. The maximum absolute atomic E-state index is 5.99. The largest absolute Gasteiger partial charge is 0.493 e. The summed E-state index contributed by atoms with van der Waals surface area (Å²) in [5.41, 5.74) is 9.71. The van der Waals surface area contributed by atoms with Gasteiger partial charge in [-0.3, -0.25) is 0 Å². The molecular formula is C11H15NO. The summed E-state index contributed by atoms with van der Waals surface area (Å²) >= 11 is 0.